The van der Waals surface area contributed by atoms with Crippen LogP contribution in [0.4, 0.5) is 4.39 Å². The van der Waals surface area contributed by atoms with E-state index in [-0.39, 0.29) is 30.6 Å². The van der Waals surface area contributed by atoms with Crippen molar-refractivity contribution in [3.05, 3.63) is 34.1 Å². The fraction of sp³-hybridized carbons (Fsp3) is 0.333. The normalized spacial score (nSPS) is 16.4. The minimum absolute atomic E-state index is 0.00572. The van der Waals surface area contributed by atoms with Crippen LogP contribution in [-0.4, -0.2) is 29.8 Å². The van der Waals surface area contributed by atoms with Crippen LogP contribution < -0.4 is 5.32 Å². The number of carbonyl (C=O) groups excluding carboxylic acids is 2. The second-order valence-electron chi connectivity index (χ2n) is 4.05. The molecule has 2 amide bonds. The summed E-state index contributed by atoms with van der Waals surface area (Å²) < 4.78 is 13.7. The van der Waals surface area contributed by atoms with Crippen molar-refractivity contribution in [1.29, 1.82) is 0 Å². The number of rotatable bonds is 2. The molecule has 1 heterocycles. The molecule has 1 aliphatic rings. The predicted molar refractivity (Wildman–Crippen MR) is 67.1 cm³/mol. The third-order valence-electron chi connectivity index (χ3n) is 2.79. The third-order valence-corrected chi connectivity index (χ3v) is 3.68. The SMILES string of the molecule is O=C1CCN(Cc2cccc(F)c2Br)C(=O)CN1. The maximum Gasteiger partial charge on any atom is 0.242 e. The Morgan fingerprint density at radius 2 is 2.17 bits per heavy atom. The number of nitrogens with one attached hydrogen (secondary N) is 1. The molecule has 0 spiro atoms. The summed E-state index contributed by atoms with van der Waals surface area (Å²) in [6, 6.07) is 4.70. The molecule has 1 aromatic rings. The van der Waals surface area contributed by atoms with E-state index in [1.54, 1.807) is 17.0 Å². The quantitative estimate of drug-likeness (QED) is 0.898. The lowest BCUT2D eigenvalue weighted by Crippen LogP contribution is -2.34. The van der Waals surface area contributed by atoms with E-state index in [1.165, 1.54) is 6.07 Å². The van der Waals surface area contributed by atoms with Crippen LogP contribution in [0.5, 0.6) is 0 Å². The molecule has 0 bridgehead atoms. The summed E-state index contributed by atoms with van der Waals surface area (Å²) in [6.07, 6.45) is 0.276. The van der Waals surface area contributed by atoms with Crippen molar-refractivity contribution in [2.75, 3.05) is 13.1 Å². The van der Waals surface area contributed by atoms with Crippen LogP contribution in [0.2, 0.25) is 0 Å². The smallest absolute Gasteiger partial charge is 0.242 e. The van der Waals surface area contributed by atoms with E-state index in [1.807, 2.05) is 0 Å². The van der Waals surface area contributed by atoms with Gasteiger partial charge in [-0.05, 0) is 27.6 Å². The summed E-state index contributed by atoms with van der Waals surface area (Å²) in [4.78, 5) is 24.5. The van der Waals surface area contributed by atoms with Crippen molar-refractivity contribution in [3.8, 4) is 0 Å². The van der Waals surface area contributed by atoms with Crippen LogP contribution in [0.1, 0.15) is 12.0 Å². The van der Waals surface area contributed by atoms with Gasteiger partial charge >= 0.3 is 0 Å². The molecule has 0 aromatic heterocycles. The Hall–Kier alpha value is -1.43. The maximum atomic E-state index is 13.4. The lowest BCUT2D eigenvalue weighted by molar-refractivity contribution is -0.130. The van der Waals surface area contributed by atoms with Gasteiger partial charge in [0.25, 0.3) is 0 Å². The van der Waals surface area contributed by atoms with Gasteiger partial charge in [-0.3, -0.25) is 9.59 Å². The van der Waals surface area contributed by atoms with Gasteiger partial charge in [-0.15, -0.1) is 0 Å². The Kier molecular flexibility index (Phi) is 3.96. The van der Waals surface area contributed by atoms with Crippen molar-refractivity contribution < 1.29 is 14.0 Å². The molecule has 4 nitrogen and oxygen atoms in total. The van der Waals surface area contributed by atoms with Crippen molar-refractivity contribution >= 4 is 27.7 Å². The van der Waals surface area contributed by atoms with E-state index in [4.69, 9.17) is 0 Å². The van der Waals surface area contributed by atoms with E-state index in [0.717, 1.165) is 0 Å². The molecule has 0 saturated carbocycles. The zero-order valence-corrected chi connectivity index (χ0v) is 11.2. The fourth-order valence-electron chi connectivity index (χ4n) is 1.78. The molecule has 0 radical (unpaired) electrons. The van der Waals surface area contributed by atoms with Gasteiger partial charge in [0.15, 0.2) is 0 Å². The Balaban J connectivity index is 2.14. The van der Waals surface area contributed by atoms with E-state index >= 15 is 0 Å². The highest BCUT2D eigenvalue weighted by Crippen LogP contribution is 2.22. The number of amides is 2. The van der Waals surface area contributed by atoms with Crippen molar-refractivity contribution in [1.82, 2.24) is 10.2 Å². The van der Waals surface area contributed by atoms with Gasteiger partial charge in [-0.1, -0.05) is 12.1 Å². The molecular weight excluding hydrogens is 303 g/mol. The van der Waals surface area contributed by atoms with Gasteiger partial charge < -0.3 is 10.2 Å². The first-order valence-corrected chi connectivity index (χ1v) is 6.34. The Morgan fingerprint density at radius 3 is 2.94 bits per heavy atom. The van der Waals surface area contributed by atoms with Gasteiger partial charge in [0, 0.05) is 19.5 Å². The van der Waals surface area contributed by atoms with Crippen molar-refractivity contribution in [2.45, 2.75) is 13.0 Å². The Bertz CT molecular complexity index is 493. The van der Waals surface area contributed by atoms with Crippen LogP contribution >= 0.6 is 15.9 Å². The first-order chi connectivity index (χ1) is 8.58. The summed E-state index contributed by atoms with van der Waals surface area (Å²) in [7, 11) is 0. The van der Waals surface area contributed by atoms with Crippen molar-refractivity contribution in [3.63, 3.8) is 0 Å². The van der Waals surface area contributed by atoms with Crippen LogP contribution in [0.3, 0.4) is 0 Å². The summed E-state index contributed by atoms with van der Waals surface area (Å²) in [5.41, 5.74) is 0.692. The standard InChI is InChI=1S/C12H12BrFN2O2/c13-12-8(2-1-3-9(12)14)7-16-5-4-10(17)15-6-11(16)18/h1-3H,4-7H2,(H,15,17). The largest absolute Gasteiger partial charge is 0.347 e. The van der Waals surface area contributed by atoms with Crippen LogP contribution in [0.25, 0.3) is 0 Å². The molecule has 96 valence electrons. The summed E-state index contributed by atoms with van der Waals surface area (Å²) in [5, 5.41) is 2.52. The second kappa shape index (κ2) is 5.48. The molecule has 0 unspecified atom stereocenters. The van der Waals surface area contributed by atoms with Gasteiger partial charge in [0.1, 0.15) is 5.82 Å². The van der Waals surface area contributed by atoms with Crippen LogP contribution in [0.15, 0.2) is 22.7 Å². The molecular formula is C12H12BrFN2O2. The third kappa shape index (κ3) is 2.87. The molecule has 6 heteroatoms. The van der Waals surface area contributed by atoms with Gasteiger partial charge in [-0.2, -0.15) is 0 Å². The van der Waals surface area contributed by atoms with Gasteiger partial charge in [0.2, 0.25) is 11.8 Å². The highest BCUT2D eigenvalue weighted by molar-refractivity contribution is 9.10. The number of benzene rings is 1. The first kappa shape index (κ1) is 13.0. The monoisotopic (exact) mass is 314 g/mol. The van der Waals surface area contributed by atoms with Gasteiger partial charge in [-0.25, -0.2) is 4.39 Å². The molecule has 18 heavy (non-hydrogen) atoms. The molecule has 0 atom stereocenters. The number of nitrogens with zero attached hydrogens (tertiary/aromatic N) is 1. The van der Waals surface area contributed by atoms with E-state index in [2.05, 4.69) is 21.2 Å². The number of carbonyl (C=O) groups is 2. The molecule has 1 aliphatic heterocycles. The highest BCUT2D eigenvalue weighted by atomic mass is 79.9. The molecule has 1 N–H and O–H groups in total. The van der Waals surface area contributed by atoms with Crippen LogP contribution in [-0.2, 0) is 16.1 Å². The first-order valence-electron chi connectivity index (χ1n) is 5.55. The second-order valence-corrected chi connectivity index (χ2v) is 4.85. The highest BCUT2D eigenvalue weighted by Gasteiger charge is 2.21. The number of halogens is 2. The minimum atomic E-state index is -0.357. The summed E-state index contributed by atoms with van der Waals surface area (Å²) >= 11 is 3.16. The topological polar surface area (TPSA) is 49.4 Å². The number of hydrogen-bond donors (Lipinski definition) is 1. The van der Waals surface area contributed by atoms with E-state index in [0.29, 0.717) is 23.1 Å². The van der Waals surface area contributed by atoms with E-state index in [9.17, 15) is 14.0 Å². The Labute approximate surface area is 112 Å². The molecule has 1 aromatic carbocycles. The molecule has 1 saturated heterocycles. The lowest BCUT2D eigenvalue weighted by Gasteiger charge is -2.20. The zero-order chi connectivity index (χ0) is 13.1. The summed E-state index contributed by atoms with van der Waals surface area (Å²) in [6.45, 7) is 0.658. The van der Waals surface area contributed by atoms with Crippen LogP contribution in [0, 0.1) is 5.82 Å². The average Bonchev–Trinajstić information content (AvgIpc) is 2.50. The van der Waals surface area contributed by atoms with Crippen molar-refractivity contribution in [2.24, 2.45) is 0 Å². The Morgan fingerprint density at radius 1 is 1.39 bits per heavy atom. The lowest BCUT2D eigenvalue weighted by atomic mass is 10.2. The predicted octanol–water partition coefficient (Wildman–Crippen LogP) is 1.44. The van der Waals surface area contributed by atoms with E-state index < -0.39 is 0 Å². The maximum absolute atomic E-state index is 13.4. The minimum Gasteiger partial charge on any atom is -0.347 e. The average molecular weight is 315 g/mol. The molecule has 1 fully saturated rings. The number of hydrogen-bond acceptors (Lipinski definition) is 2. The fourth-order valence-corrected chi connectivity index (χ4v) is 2.17. The molecule has 0 aliphatic carbocycles. The molecule has 2 rings (SSSR count). The van der Waals surface area contributed by atoms with Gasteiger partial charge in [0.05, 0.1) is 11.0 Å². The zero-order valence-electron chi connectivity index (χ0n) is 9.58. The summed E-state index contributed by atoms with van der Waals surface area (Å²) in [5.74, 6) is -0.648.